The molecular formula is C24H31N7O2. The van der Waals surface area contributed by atoms with Crippen molar-refractivity contribution in [2.24, 2.45) is 17.8 Å². The highest BCUT2D eigenvalue weighted by molar-refractivity contribution is 5.94. The summed E-state index contributed by atoms with van der Waals surface area (Å²) < 4.78 is 1.77. The molecule has 1 amide bonds. The van der Waals surface area contributed by atoms with Gasteiger partial charge in [0.15, 0.2) is 0 Å². The lowest BCUT2D eigenvalue weighted by atomic mass is 10.2. The fraction of sp³-hybridized carbons (Fsp3) is 0.500. The minimum atomic E-state index is -0.135. The first-order valence-corrected chi connectivity index (χ1v) is 11.6. The first-order valence-electron chi connectivity index (χ1n) is 11.6. The van der Waals surface area contributed by atoms with Gasteiger partial charge in [0, 0.05) is 30.7 Å². The third kappa shape index (κ3) is 4.25. The lowest BCUT2D eigenvalue weighted by molar-refractivity contribution is 0.0935. The zero-order valence-electron chi connectivity index (χ0n) is 19.3. The molecule has 1 fully saturated rings. The van der Waals surface area contributed by atoms with Gasteiger partial charge in [-0.25, -0.2) is 4.98 Å². The van der Waals surface area contributed by atoms with Crippen LogP contribution < -0.4 is 10.6 Å². The van der Waals surface area contributed by atoms with Gasteiger partial charge in [-0.1, -0.05) is 13.0 Å². The number of carbonyl (C=O) groups is 1. The number of fused-ring (bicyclic) bond motifs is 1. The van der Waals surface area contributed by atoms with Gasteiger partial charge >= 0.3 is 0 Å². The second-order valence-corrected chi connectivity index (χ2v) is 9.40. The Labute approximate surface area is 193 Å². The molecule has 5 rings (SSSR count). The topological polar surface area (TPSA) is 121 Å². The molecule has 3 aromatic heterocycles. The zero-order valence-corrected chi connectivity index (χ0v) is 19.3. The first kappa shape index (κ1) is 21.6. The second-order valence-electron chi connectivity index (χ2n) is 9.40. The molecule has 0 saturated heterocycles. The van der Waals surface area contributed by atoms with Crippen molar-refractivity contribution in [3.05, 3.63) is 58.3 Å². The van der Waals surface area contributed by atoms with E-state index < -0.39 is 0 Å². The molecule has 9 nitrogen and oxygen atoms in total. The number of anilines is 1. The van der Waals surface area contributed by atoms with Crippen molar-refractivity contribution in [3.8, 4) is 0 Å². The maximum absolute atomic E-state index is 12.8. The highest BCUT2D eigenvalue weighted by Crippen LogP contribution is 2.45. The summed E-state index contributed by atoms with van der Waals surface area (Å²) in [5.74, 6) is 2.19. The van der Waals surface area contributed by atoms with Crippen LogP contribution in [-0.4, -0.2) is 49.1 Å². The number of amides is 1. The Morgan fingerprint density at radius 2 is 2.15 bits per heavy atom. The summed E-state index contributed by atoms with van der Waals surface area (Å²) in [5, 5.41) is 27.6. The standard InChI is InChI=1S/C24H31N7O2/c1-13-19(20(13)12-32)9-25-22-7-4-16(14(2)27-22)10-31-11-17(8-26-31)24(33)28-21-6-5-18-15(3)29-30-23(18)21/h4,7-8,11,13,19-21,32H,5-6,9-10,12H2,1-3H3,(H,25,27)(H,28,33)(H,29,30). The van der Waals surface area contributed by atoms with Crippen molar-refractivity contribution in [1.82, 2.24) is 30.3 Å². The number of nitrogens with zero attached hydrogens (tertiary/aromatic N) is 4. The van der Waals surface area contributed by atoms with Gasteiger partial charge in [-0.3, -0.25) is 14.6 Å². The Bertz CT molecular complexity index is 1170. The summed E-state index contributed by atoms with van der Waals surface area (Å²) in [6, 6.07) is 3.97. The molecule has 0 aliphatic heterocycles. The van der Waals surface area contributed by atoms with E-state index in [1.165, 1.54) is 5.56 Å². The molecule has 4 atom stereocenters. The Morgan fingerprint density at radius 1 is 1.30 bits per heavy atom. The van der Waals surface area contributed by atoms with Crippen molar-refractivity contribution >= 4 is 11.7 Å². The number of rotatable bonds is 8. The van der Waals surface area contributed by atoms with E-state index in [-0.39, 0.29) is 18.6 Å². The number of aryl methyl sites for hydroxylation is 2. The summed E-state index contributed by atoms with van der Waals surface area (Å²) in [4.78, 5) is 17.4. The van der Waals surface area contributed by atoms with Gasteiger partial charge in [0.1, 0.15) is 5.82 Å². The van der Waals surface area contributed by atoms with Gasteiger partial charge in [0.25, 0.3) is 5.91 Å². The van der Waals surface area contributed by atoms with E-state index in [1.54, 1.807) is 17.1 Å². The minimum absolute atomic E-state index is 0.0569. The molecule has 0 spiro atoms. The van der Waals surface area contributed by atoms with Gasteiger partial charge < -0.3 is 15.7 Å². The maximum Gasteiger partial charge on any atom is 0.255 e. The van der Waals surface area contributed by atoms with E-state index >= 15 is 0 Å². The van der Waals surface area contributed by atoms with E-state index in [2.05, 4.69) is 37.8 Å². The predicted molar refractivity (Wildman–Crippen MR) is 124 cm³/mol. The maximum atomic E-state index is 12.8. The van der Waals surface area contributed by atoms with Crippen LogP contribution >= 0.6 is 0 Å². The predicted octanol–water partition coefficient (Wildman–Crippen LogP) is 2.37. The van der Waals surface area contributed by atoms with E-state index in [1.807, 2.05) is 26.0 Å². The van der Waals surface area contributed by atoms with Crippen LogP contribution in [0.25, 0.3) is 0 Å². The summed E-state index contributed by atoms with van der Waals surface area (Å²) in [7, 11) is 0. The molecule has 174 valence electrons. The quantitative estimate of drug-likeness (QED) is 0.419. The smallest absolute Gasteiger partial charge is 0.255 e. The summed E-state index contributed by atoms with van der Waals surface area (Å²) >= 11 is 0. The molecule has 2 aliphatic rings. The minimum Gasteiger partial charge on any atom is -0.396 e. The number of aliphatic hydroxyl groups is 1. The van der Waals surface area contributed by atoms with Crippen molar-refractivity contribution in [1.29, 1.82) is 0 Å². The third-order valence-electron chi connectivity index (χ3n) is 7.34. The number of hydrogen-bond acceptors (Lipinski definition) is 6. The largest absolute Gasteiger partial charge is 0.396 e. The third-order valence-corrected chi connectivity index (χ3v) is 7.34. The van der Waals surface area contributed by atoms with Crippen LogP contribution in [0.4, 0.5) is 5.82 Å². The van der Waals surface area contributed by atoms with Crippen LogP contribution in [0, 0.1) is 31.6 Å². The SMILES string of the molecule is Cc1nc(NCC2C(C)C2CO)ccc1Cn1cc(C(=O)NC2CCc3c2n[nH]c3C)cn1. The molecule has 33 heavy (non-hydrogen) atoms. The van der Waals surface area contributed by atoms with Gasteiger partial charge in [-0.05, 0) is 61.6 Å². The Kier molecular flexibility index (Phi) is 5.65. The average Bonchev–Trinajstić information content (AvgIpc) is 3.22. The number of carbonyl (C=O) groups excluding carboxylic acids is 1. The highest BCUT2D eigenvalue weighted by Gasteiger charge is 2.45. The van der Waals surface area contributed by atoms with E-state index in [9.17, 15) is 9.90 Å². The fourth-order valence-electron chi connectivity index (χ4n) is 4.98. The molecule has 0 bridgehead atoms. The van der Waals surface area contributed by atoms with Crippen LogP contribution in [-0.2, 0) is 13.0 Å². The lowest BCUT2D eigenvalue weighted by Crippen LogP contribution is -2.27. The normalized spacial score (nSPS) is 23.4. The van der Waals surface area contributed by atoms with Gasteiger partial charge in [-0.15, -0.1) is 0 Å². The van der Waals surface area contributed by atoms with Crippen molar-refractivity contribution in [3.63, 3.8) is 0 Å². The number of H-pyrrole nitrogens is 1. The summed E-state index contributed by atoms with van der Waals surface area (Å²) in [6.07, 6.45) is 5.18. The number of pyridine rings is 1. The van der Waals surface area contributed by atoms with Crippen molar-refractivity contribution in [2.75, 3.05) is 18.5 Å². The van der Waals surface area contributed by atoms with Crippen molar-refractivity contribution in [2.45, 2.75) is 46.2 Å². The van der Waals surface area contributed by atoms with Crippen LogP contribution in [0.2, 0.25) is 0 Å². The molecule has 0 radical (unpaired) electrons. The van der Waals surface area contributed by atoms with Gasteiger partial charge in [0.2, 0.25) is 0 Å². The number of aromatic amines is 1. The highest BCUT2D eigenvalue weighted by atomic mass is 16.3. The first-order chi connectivity index (χ1) is 15.9. The number of nitrogens with one attached hydrogen (secondary N) is 3. The van der Waals surface area contributed by atoms with E-state index in [0.717, 1.165) is 47.8 Å². The number of aliphatic hydroxyl groups excluding tert-OH is 1. The van der Waals surface area contributed by atoms with Crippen LogP contribution in [0.3, 0.4) is 0 Å². The molecule has 3 heterocycles. The van der Waals surface area contributed by atoms with Crippen LogP contribution in [0.15, 0.2) is 24.5 Å². The van der Waals surface area contributed by atoms with Gasteiger partial charge in [0.05, 0.1) is 30.0 Å². The lowest BCUT2D eigenvalue weighted by Gasteiger charge is -2.11. The zero-order chi connectivity index (χ0) is 23.1. The van der Waals surface area contributed by atoms with E-state index in [4.69, 9.17) is 0 Å². The number of aromatic nitrogens is 5. The number of hydrogen-bond donors (Lipinski definition) is 4. The Balaban J connectivity index is 1.18. The Morgan fingerprint density at radius 3 is 2.91 bits per heavy atom. The Hall–Kier alpha value is -3.20. The van der Waals surface area contributed by atoms with Crippen molar-refractivity contribution < 1.29 is 9.90 Å². The molecular weight excluding hydrogens is 418 g/mol. The summed E-state index contributed by atoms with van der Waals surface area (Å²) in [5.41, 5.74) is 5.77. The average molecular weight is 450 g/mol. The molecule has 1 saturated carbocycles. The molecule has 3 aromatic rings. The molecule has 9 heteroatoms. The van der Waals surface area contributed by atoms with Crippen LogP contribution in [0.5, 0.6) is 0 Å². The summed E-state index contributed by atoms with van der Waals surface area (Å²) in [6.45, 7) is 7.81. The van der Waals surface area contributed by atoms with E-state index in [0.29, 0.717) is 29.9 Å². The molecule has 0 aromatic carbocycles. The second kappa shape index (κ2) is 8.62. The fourth-order valence-corrected chi connectivity index (χ4v) is 4.98. The molecule has 4 N–H and O–H groups in total. The monoisotopic (exact) mass is 449 g/mol. The molecule has 4 unspecified atom stereocenters. The van der Waals surface area contributed by atoms with Gasteiger partial charge in [-0.2, -0.15) is 10.2 Å². The van der Waals surface area contributed by atoms with Crippen LogP contribution in [0.1, 0.15) is 58.0 Å². The molecule has 2 aliphatic carbocycles.